The van der Waals surface area contributed by atoms with E-state index in [-0.39, 0.29) is 5.91 Å². The van der Waals surface area contributed by atoms with Gasteiger partial charge >= 0.3 is 0 Å². The molecule has 138 valence electrons. The first-order valence-electron chi connectivity index (χ1n) is 8.31. The number of anilines is 2. The summed E-state index contributed by atoms with van der Waals surface area (Å²) in [7, 11) is 4.01. The molecule has 1 heterocycles. The molecule has 0 unspecified atom stereocenters. The molecule has 0 saturated heterocycles. The van der Waals surface area contributed by atoms with Gasteiger partial charge in [-0.25, -0.2) is 0 Å². The van der Waals surface area contributed by atoms with Gasteiger partial charge in [0.1, 0.15) is 5.69 Å². The van der Waals surface area contributed by atoms with Gasteiger partial charge in [-0.15, -0.1) is 0 Å². The Kier molecular flexibility index (Phi) is 6.57. The van der Waals surface area contributed by atoms with Crippen molar-refractivity contribution >= 4 is 17.3 Å². The second kappa shape index (κ2) is 8.87. The number of nitrogens with two attached hydrogens (primary N) is 2. The van der Waals surface area contributed by atoms with Crippen molar-refractivity contribution in [2.45, 2.75) is 6.54 Å². The number of hydrogen-bond acceptors (Lipinski definition) is 6. The molecule has 2 rings (SSSR count). The fourth-order valence-corrected chi connectivity index (χ4v) is 2.31. The van der Waals surface area contributed by atoms with E-state index in [4.69, 9.17) is 11.5 Å². The summed E-state index contributed by atoms with van der Waals surface area (Å²) in [6, 6.07) is 10.6. The minimum absolute atomic E-state index is 0.304. The molecule has 0 atom stereocenters. The van der Waals surface area contributed by atoms with Gasteiger partial charge < -0.3 is 26.6 Å². The molecule has 2 aromatic rings. The van der Waals surface area contributed by atoms with Crippen LogP contribution in [0.4, 0.5) is 11.4 Å². The van der Waals surface area contributed by atoms with Crippen LogP contribution >= 0.6 is 0 Å². The molecule has 26 heavy (non-hydrogen) atoms. The molecule has 1 amide bonds. The summed E-state index contributed by atoms with van der Waals surface area (Å²) >= 11 is 0. The zero-order chi connectivity index (χ0) is 19.1. The topological polar surface area (TPSA) is 101 Å². The molecule has 0 fully saturated rings. The Morgan fingerprint density at radius 2 is 1.92 bits per heavy atom. The van der Waals surface area contributed by atoms with Crippen LogP contribution in [0.2, 0.25) is 0 Å². The molecule has 0 spiro atoms. The van der Waals surface area contributed by atoms with Crippen LogP contribution in [0.1, 0.15) is 16.1 Å². The highest BCUT2D eigenvalue weighted by atomic mass is 16.1. The SMILES string of the molecule is C=C(N)N(CCN(C)C)Cc1ccc(C(=O)Nc2ccccc2N)nc1. The number of pyridine rings is 1. The van der Waals surface area contributed by atoms with Crippen molar-refractivity contribution in [3.05, 3.63) is 66.3 Å². The third-order valence-electron chi connectivity index (χ3n) is 3.86. The van der Waals surface area contributed by atoms with Gasteiger partial charge in [0, 0.05) is 25.8 Å². The van der Waals surface area contributed by atoms with Crippen molar-refractivity contribution in [2.24, 2.45) is 5.73 Å². The van der Waals surface area contributed by atoms with Crippen molar-refractivity contribution in [1.82, 2.24) is 14.8 Å². The van der Waals surface area contributed by atoms with Crippen LogP contribution in [0.5, 0.6) is 0 Å². The van der Waals surface area contributed by atoms with Crippen LogP contribution in [-0.4, -0.2) is 47.9 Å². The molecule has 0 aliphatic heterocycles. The smallest absolute Gasteiger partial charge is 0.274 e. The number of benzene rings is 1. The average molecular weight is 354 g/mol. The molecule has 5 N–H and O–H groups in total. The second-order valence-electron chi connectivity index (χ2n) is 6.31. The maximum absolute atomic E-state index is 12.3. The van der Waals surface area contributed by atoms with Crippen molar-refractivity contribution in [3.63, 3.8) is 0 Å². The predicted molar refractivity (Wildman–Crippen MR) is 105 cm³/mol. The van der Waals surface area contributed by atoms with E-state index in [1.54, 1.807) is 24.4 Å². The highest BCUT2D eigenvalue weighted by Gasteiger charge is 2.11. The third-order valence-corrected chi connectivity index (χ3v) is 3.86. The van der Waals surface area contributed by atoms with E-state index in [0.29, 0.717) is 29.4 Å². The summed E-state index contributed by atoms with van der Waals surface area (Å²) in [6.07, 6.45) is 1.68. The van der Waals surface area contributed by atoms with Crippen molar-refractivity contribution in [1.29, 1.82) is 0 Å². The quantitative estimate of drug-likeness (QED) is 0.624. The minimum atomic E-state index is -0.304. The van der Waals surface area contributed by atoms with Crippen LogP contribution in [0.15, 0.2) is 55.0 Å². The lowest BCUT2D eigenvalue weighted by Gasteiger charge is -2.25. The van der Waals surface area contributed by atoms with Crippen LogP contribution in [-0.2, 0) is 6.54 Å². The lowest BCUT2D eigenvalue weighted by atomic mass is 10.2. The maximum atomic E-state index is 12.3. The second-order valence-corrected chi connectivity index (χ2v) is 6.31. The summed E-state index contributed by atoms with van der Waals surface area (Å²) in [6.45, 7) is 6.03. The van der Waals surface area contributed by atoms with Gasteiger partial charge in [0.05, 0.1) is 17.2 Å². The number of para-hydroxylation sites is 2. The number of hydrogen-bond donors (Lipinski definition) is 3. The van der Waals surface area contributed by atoms with Crippen molar-refractivity contribution < 1.29 is 4.79 Å². The van der Waals surface area contributed by atoms with E-state index < -0.39 is 0 Å². The normalized spacial score (nSPS) is 10.6. The fraction of sp³-hybridized carbons (Fsp3) is 0.263. The first-order chi connectivity index (χ1) is 12.4. The van der Waals surface area contributed by atoms with E-state index in [1.807, 2.05) is 37.2 Å². The van der Waals surface area contributed by atoms with E-state index in [0.717, 1.165) is 18.7 Å². The Hall–Kier alpha value is -3.06. The molecule has 0 aliphatic rings. The lowest BCUT2D eigenvalue weighted by molar-refractivity contribution is 0.102. The molecular formula is C19H26N6O. The Balaban J connectivity index is 2.01. The van der Waals surface area contributed by atoms with Gasteiger partial charge in [-0.3, -0.25) is 9.78 Å². The van der Waals surface area contributed by atoms with E-state index in [9.17, 15) is 4.79 Å². The van der Waals surface area contributed by atoms with Gasteiger partial charge in [0.25, 0.3) is 5.91 Å². The standard InChI is InChI=1S/C19H26N6O/c1-14(20)25(11-10-24(2)3)13-15-8-9-18(22-12-15)19(26)23-17-7-5-4-6-16(17)21/h4-9,12H,1,10-11,13,20-21H2,2-3H3,(H,23,26). The number of amides is 1. The number of aromatic nitrogens is 1. The summed E-state index contributed by atoms with van der Waals surface area (Å²) in [5.74, 6) is 0.204. The number of nitrogens with one attached hydrogen (secondary N) is 1. The molecule has 0 aliphatic carbocycles. The predicted octanol–water partition coefficient (Wildman–Crippen LogP) is 1.71. The molecule has 0 saturated carbocycles. The fourth-order valence-electron chi connectivity index (χ4n) is 2.31. The largest absolute Gasteiger partial charge is 0.397 e. The summed E-state index contributed by atoms with van der Waals surface area (Å²) in [5.41, 5.74) is 14.1. The first kappa shape index (κ1) is 19.3. The van der Waals surface area contributed by atoms with E-state index in [2.05, 4.69) is 21.8 Å². The number of likely N-dealkylation sites (N-methyl/N-ethyl adjacent to an activating group) is 1. The summed E-state index contributed by atoms with van der Waals surface area (Å²) in [4.78, 5) is 20.6. The van der Waals surface area contributed by atoms with Crippen LogP contribution in [0.25, 0.3) is 0 Å². The number of rotatable bonds is 8. The number of carbonyl (C=O) groups excluding carboxylic acids is 1. The highest BCUT2D eigenvalue weighted by Crippen LogP contribution is 2.17. The van der Waals surface area contributed by atoms with E-state index >= 15 is 0 Å². The van der Waals surface area contributed by atoms with Gasteiger partial charge in [-0.05, 0) is 37.9 Å². The molecule has 7 heteroatoms. The minimum Gasteiger partial charge on any atom is -0.397 e. The van der Waals surface area contributed by atoms with Crippen LogP contribution < -0.4 is 16.8 Å². The van der Waals surface area contributed by atoms with Gasteiger partial charge in [0.2, 0.25) is 0 Å². The number of nitrogen functional groups attached to an aromatic ring is 1. The Labute approximate surface area is 154 Å². The summed E-state index contributed by atoms with van der Waals surface area (Å²) < 4.78 is 0. The average Bonchev–Trinajstić information content (AvgIpc) is 2.60. The third kappa shape index (κ3) is 5.49. The Morgan fingerprint density at radius 1 is 1.19 bits per heavy atom. The highest BCUT2D eigenvalue weighted by molar-refractivity contribution is 6.04. The molecule has 1 aromatic carbocycles. The number of nitrogens with zero attached hydrogens (tertiary/aromatic N) is 3. The van der Waals surface area contributed by atoms with Crippen LogP contribution in [0, 0.1) is 0 Å². The van der Waals surface area contributed by atoms with E-state index in [1.165, 1.54) is 0 Å². The Morgan fingerprint density at radius 3 is 2.50 bits per heavy atom. The van der Waals surface area contributed by atoms with Crippen LogP contribution in [0.3, 0.4) is 0 Å². The van der Waals surface area contributed by atoms with Crippen molar-refractivity contribution in [3.8, 4) is 0 Å². The zero-order valence-corrected chi connectivity index (χ0v) is 15.3. The van der Waals surface area contributed by atoms with Gasteiger partial charge in [0.15, 0.2) is 0 Å². The summed E-state index contributed by atoms with van der Waals surface area (Å²) in [5, 5.41) is 2.76. The first-order valence-corrected chi connectivity index (χ1v) is 8.31. The van der Waals surface area contributed by atoms with Crippen molar-refractivity contribution in [2.75, 3.05) is 38.2 Å². The maximum Gasteiger partial charge on any atom is 0.274 e. The molecular weight excluding hydrogens is 328 g/mol. The molecule has 1 aromatic heterocycles. The molecule has 0 radical (unpaired) electrons. The number of carbonyl (C=O) groups is 1. The van der Waals surface area contributed by atoms with Gasteiger partial charge in [-0.1, -0.05) is 24.8 Å². The monoisotopic (exact) mass is 354 g/mol. The lowest BCUT2D eigenvalue weighted by Crippen LogP contribution is -2.33. The van der Waals surface area contributed by atoms with Gasteiger partial charge in [-0.2, -0.15) is 0 Å². The molecule has 7 nitrogen and oxygen atoms in total. The molecule has 0 bridgehead atoms. The Bertz CT molecular complexity index is 757. The zero-order valence-electron chi connectivity index (χ0n) is 15.3.